The molecule has 0 bridgehead atoms. The maximum absolute atomic E-state index is 12.1. The number of hydrogen-bond donors (Lipinski definition) is 2. The molecule has 0 radical (unpaired) electrons. The molecule has 0 heterocycles. The van der Waals surface area contributed by atoms with Crippen LogP contribution in [0.15, 0.2) is 0 Å². The molecule has 0 fully saturated rings. The van der Waals surface area contributed by atoms with E-state index < -0.39 is 41.5 Å². The van der Waals surface area contributed by atoms with Crippen molar-refractivity contribution in [2.75, 3.05) is 26.4 Å². The molecule has 0 aliphatic heterocycles. The van der Waals surface area contributed by atoms with Crippen molar-refractivity contribution in [3.05, 3.63) is 0 Å². The van der Waals surface area contributed by atoms with Gasteiger partial charge in [-0.15, -0.1) is 0 Å². The predicted molar refractivity (Wildman–Crippen MR) is 106 cm³/mol. The third kappa shape index (κ3) is 12.7. The van der Waals surface area contributed by atoms with E-state index in [2.05, 4.69) is 0 Å². The number of rotatable bonds is 16. The first-order valence-electron chi connectivity index (χ1n) is 10.5. The van der Waals surface area contributed by atoms with E-state index in [4.69, 9.17) is 16.1 Å². The van der Waals surface area contributed by atoms with Gasteiger partial charge in [-0.2, -0.15) is 0 Å². The van der Waals surface area contributed by atoms with E-state index >= 15 is 0 Å². The summed E-state index contributed by atoms with van der Waals surface area (Å²) in [6.45, 7) is 12.7. The summed E-state index contributed by atoms with van der Waals surface area (Å²) in [4.78, 5) is 24.2. The van der Waals surface area contributed by atoms with E-state index in [9.17, 15) is 19.8 Å². The Balaban J connectivity index is 5.52. The van der Waals surface area contributed by atoms with Crippen LogP contribution in [0.1, 0.15) is 54.4 Å². The van der Waals surface area contributed by atoms with E-state index in [-0.39, 0.29) is 34.5 Å². The molecule has 0 aromatic carbocycles. The predicted octanol–water partition coefficient (Wildman–Crippen LogP) is 2.78. The topological polar surface area (TPSA) is 112 Å². The first kappa shape index (κ1) is 28.5. The summed E-state index contributed by atoms with van der Waals surface area (Å²) in [7, 11) is 0. The van der Waals surface area contributed by atoms with Crippen molar-refractivity contribution in [1.82, 2.24) is 0 Å². The quantitative estimate of drug-likeness (QED) is 0.269. The Bertz CT molecular complexity index is 427. The summed E-state index contributed by atoms with van der Waals surface area (Å²) < 4.78 is 22.1. The Hall–Kier alpha value is -0.506. The van der Waals surface area contributed by atoms with E-state index in [0.29, 0.717) is 26.1 Å². The van der Waals surface area contributed by atoms with Crippen molar-refractivity contribution in [2.45, 2.75) is 76.0 Å². The molecule has 0 amide bonds. The van der Waals surface area contributed by atoms with Crippen molar-refractivity contribution in [3.8, 4) is 0 Å². The molecule has 0 saturated heterocycles. The Kier molecular flexibility index (Phi) is 15.1. The second kappa shape index (κ2) is 15.3. The molecule has 29 heavy (non-hydrogen) atoms. The van der Waals surface area contributed by atoms with Gasteiger partial charge in [0.1, 0.15) is 0 Å². The standard InChI is InChI=1S/2C6H11O3.2C4H9O.Ti/c2*1-3-4-9-6(8)5(2)7;2*1-4(2)3-5;/h2*5,7H,2-4H2,1H3;2*4H,3H2,1-2H3;/q;;2*-1;+2. The molecule has 2 unspecified atom stereocenters. The number of carbonyl (C=O) groups excluding carboxylic acids is 2. The monoisotopic (exact) mass is 456 g/mol. The summed E-state index contributed by atoms with van der Waals surface area (Å²) >= 11 is -3.99. The van der Waals surface area contributed by atoms with Crippen LogP contribution in [-0.2, 0) is 43.1 Å². The van der Waals surface area contributed by atoms with Crippen LogP contribution in [0.25, 0.3) is 0 Å². The summed E-state index contributed by atoms with van der Waals surface area (Å²) in [6.07, 6.45) is -1.58. The van der Waals surface area contributed by atoms with Gasteiger partial charge in [0, 0.05) is 0 Å². The molecule has 0 rings (SSSR count). The van der Waals surface area contributed by atoms with E-state index in [0.717, 1.165) is 0 Å². The van der Waals surface area contributed by atoms with Crippen molar-refractivity contribution < 1.29 is 53.3 Å². The molecule has 9 heteroatoms. The molecule has 0 aliphatic carbocycles. The van der Waals surface area contributed by atoms with Crippen LogP contribution in [0.4, 0.5) is 0 Å². The van der Waals surface area contributed by atoms with Gasteiger partial charge >= 0.3 is 180 Å². The number of aliphatic hydroxyl groups is 2. The van der Waals surface area contributed by atoms with E-state index in [1.807, 2.05) is 41.5 Å². The van der Waals surface area contributed by atoms with Crippen LogP contribution < -0.4 is 0 Å². The van der Waals surface area contributed by atoms with Gasteiger partial charge in [-0.25, -0.2) is 0 Å². The van der Waals surface area contributed by atoms with Gasteiger partial charge in [0.05, 0.1) is 0 Å². The van der Waals surface area contributed by atoms with Crippen LogP contribution in [0.2, 0.25) is 9.45 Å². The van der Waals surface area contributed by atoms with Crippen LogP contribution in [-0.4, -0.2) is 60.8 Å². The first-order valence-corrected chi connectivity index (χ1v) is 14.0. The Morgan fingerprint density at radius 3 is 1.38 bits per heavy atom. The molecule has 0 aliphatic rings. The van der Waals surface area contributed by atoms with Gasteiger partial charge < -0.3 is 0 Å². The SMILES string of the molecule is CCCOC(=O)C(O)[CH2][Ti]([CH2]C(O)C(=O)OCCC)([O]CC(C)C)[O]CC(C)C. The summed E-state index contributed by atoms with van der Waals surface area (Å²) in [5, 5.41) is 20.8. The molecule has 0 aromatic rings. The zero-order chi connectivity index (χ0) is 22.4. The van der Waals surface area contributed by atoms with Crippen LogP contribution in [0.3, 0.4) is 0 Å². The Morgan fingerprint density at radius 1 is 0.759 bits per heavy atom. The van der Waals surface area contributed by atoms with Crippen molar-refractivity contribution in [2.24, 2.45) is 11.8 Å². The summed E-state index contributed by atoms with van der Waals surface area (Å²) in [5.41, 5.74) is 0. The van der Waals surface area contributed by atoms with Gasteiger partial charge in [0.2, 0.25) is 0 Å². The third-order valence-electron chi connectivity index (χ3n) is 3.81. The first-order chi connectivity index (χ1) is 13.6. The average Bonchev–Trinajstić information content (AvgIpc) is 2.66. The molecule has 172 valence electrons. The van der Waals surface area contributed by atoms with Gasteiger partial charge in [0.15, 0.2) is 0 Å². The molecule has 2 atom stereocenters. The molecule has 0 spiro atoms. The molecule has 2 N–H and O–H groups in total. The van der Waals surface area contributed by atoms with Crippen molar-refractivity contribution >= 4 is 11.9 Å². The van der Waals surface area contributed by atoms with Gasteiger partial charge in [0.25, 0.3) is 0 Å². The summed E-state index contributed by atoms with van der Waals surface area (Å²) in [6, 6.07) is 0. The molecular formula is C20H40O8Ti. The second-order valence-electron chi connectivity index (χ2n) is 8.10. The fourth-order valence-corrected chi connectivity index (χ4v) is 7.83. The van der Waals surface area contributed by atoms with E-state index in [1.54, 1.807) is 0 Å². The maximum atomic E-state index is 12.1. The molecule has 0 aromatic heterocycles. The Labute approximate surface area is 179 Å². The minimum atomic E-state index is -3.99. The number of ether oxygens (including phenoxy) is 2. The Morgan fingerprint density at radius 2 is 1.10 bits per heavy atom. The second-order valence-corrected chi connectivity index (χ2v) is 13.1. The van der Waals surface area contributed by atoms with Gasteiger partial charge in [-0.1, -0.05) is 0 Å². The number of carbonyl (C=O) groups is 2. The van der Waals surface area contributed by atoms with Crippen LogP contribution in [0.5, 0.6) is 0 Å². The zero-order valence-electron chi connectivity index (χ0n) is 18.8. The molecule has 0 saturated carbocycles. The number of hydrogen-bond acceptors (Lipinski definition) is 8. The molecule has 8 nitrogen and oxygen atoms in total. The normalized spacial score (nSPS) is 14.1. The van der Waals surface area contributed by atoms with Gasteiger partial charge in [-0.3, -0.25) is 0 Å². The zero-order valence-corrected chi connectivity index (χ0v) is 20.4. The minimum absolute atomic E-state index is 0.0832. The van der Waals surface area contributed by atoms with Crippen LogP contribution in [0, 0.1) is 11.8 Å². The average molecular weight is 456 g/mol. The third-order valence-corrected chi connectivity index (χ3v) is 9.12. The van der Waals surface area contributed by atoms with Gasteiger partial charge in [-0.05, 0) is 0 Å². The summed E-state index contributed by atoms with van der Waals surface area (Å²) in [5.74, 6) is -1.13. The van der Waals surface area contributed by atoms with Crippen molar-refractivity contribution in [3.63, 3.8) is 0 Å². The number of esters is 2. The fraction of sp³-hybridized carbons (Fsp3) is 0.900. The van der Waals surface area contributed by atoms with Crippen LogP contribution >= 0.6 is 0 Å². The van der Waals surface area contributed by atoms with Crippen molar-refractivity contribution in [1.29, 1.82) is 0 Å². The fourth-order valence-electron chi connectivity index (χ4n) is 2.35. The molecular weight excluding hydrogens is 416 g/mol. The van der Waals surface area contributed by atoms with E-state index in [1.165, 1.54) is 0 Å². The number of aliphatic hydroxyl groups excluding tert-OH is 2.